The van der Waals surface area contributed by atoms with Gasteiger partial charge in [0.1, 0.15) is 11.1 Å². The molecule has 4 rings (SSSR count). The van der Waals surface area contributed by atoms with Gasteiger partial charge < -0.3 is 8.83 Å². The molecule has 0 saturated heterocycles. The second-order valence-corrected chi connectivity index (χ2v) is 5.51. The van der Waals surface area contributed by atoms with Crippen molar-refractivity contribution >= 4 is 38.0 Å². The maximum absolute atomic E-state index is 12.1. The molecule has 102 valence electrons. The molecule has 0 atom stereocenters. The van der Waals surface area contributed by atoms with Gasteiger partial charge in [-0.3, -0.25) is 0 Å². The van der Waals surface area contributed by atoms with E-state index in [-0.39, 0.29) is 11.5 Å². The van der Waals surface area contributed by atoms with Crippen molar-refractivity contribution in [3.8, 4) is 11.5 Å². The van der Waals surface area contributed by atoms with Crippen LogP contribution in [0.15, 0.2) is 66.6 Å². The van der Waals surface area contributed by atoms with E-state index in [1.54, 1.807) is 6.07 Å². The quantitative estimate of drug-likeness (QED) is 0.516. The maximum Gasteiger partial charge on any atom is 0.383 e. The van der Waals surface area contributed by atoms with E-state index in [0.717, 1.165) is 15.4 Å². The monoisotopic (exact) mass is 341 g/mol. The standard InChI is InChI=1S/C16H8BrNO3/c17-10-6-7-12-11(8-10)13-14(20-12)16(19)21-15(18-13)9-4-2-1-3-5-9/h1-8H. The molecule has 5 heteroatoms. The van der Waals surface area contributed by atoms with Crippen LogP contribution < -0.4 is 5.63 Å². The number of hydrogen-bond acceptors (Lipinski definition) is 4. The van der Waals surface area contributed by atoms with Gasteiger partial charge in [-0.05, 0) is 30.3 Å². The Morgan fingerprint density at radius 1 is 1.00 bits per heavy atom. The summed E-state index contributed by atoms with van der Waals surface area (Å²) in [5, 5.41) is 0.782. The molecule has 0 aliphatic rings. The Labute approximate surface area is 127 Å². The van der Waals surface area contributed by atoms with Crippen molar-refractivity contribution in [3.05, 3.63) is 63.4 Å². The minimum absolute atomic E-state index is 0.141. The van der Waals surface area contributed by atoms with Crippen molar-refractivity contribution in [2.75, 3.05) is 0 Å². The normalized spacial score (nSPS) is 11.3. The zero-order chi connectivity index (χ0) is 14.4. The molecule has 2 aromatic carbocycles. The van der Waals surface area contributed by atoms with Crippen LogP contribution in [0.4, 0.5) is 0 Å². The second kappa shape index (κ2) is 4.56. The number of fused-ring (bicyclic) bond motifs is 3. The minimum atomic E-state index is -0.522. The molecule has 0 aliphatic heterocycles. The Balaban J connectivity index is 2.11. The smallest absolute Gasteiger partial charge is 0.383 e. The topological polar surface area (TPSA) is 56.2 Å². The van der Waals surface area contributed by atoms with E-state index in [1.165, 1.54) is 0 Å². The Bertz CT molecular complexity index is 1020. The lowest BCUT2D eigenvalue weighted by molar-refractivity contribution is 0.500. The van der Waals surface area contributed by atoms with Crippen LogP contribution in [0.5, 0.6) is 0 Å². The number of rotatable bonds is 1. The zero-order valence-electron chi connectivity index (χ0n) is 10.7. The third-order valence-corrected chi connectivity index (χ3v) is 3.73. The number of furan rings is 1. The highest BCUT2D eigenvalue weighted by Crippen LogP contribution is 2.29. The highest BCUT2D eigenvalue weighted by Gasteiger charge is 2.15. The molecule has 4 nitrogen and oxygen atoms in total. The van der Waals surface area contributed by atoms with Crippen LogP contribution in [-0.2, 0) is 0 Å². The highest BCUT2D eigenvalue weighted by molar-refractivity contribution is 9.10. The van der Waals surface area contributed by atoms with Crippen molar-refractivity contribution in [1.29, 1.82) is 0 Å². The third-order valence-electron chi connectivity index (χ3n) is 3.23. The molecule has 21 heavy (non-hydrogen) atoms. The summed E-state index contributed by atoms with van der Waals surface area (Å²) in [7, 11) is 0. The maximum atomic E-state index is 12.1. The molecule has 4 aromatic rings. The Kier molecular flexibility index (Phi) is 2.68. The lowest BCUT2D eigenvalue weighted by Gasteiger charge is -1.98. The van der Waals surface area contributed by atoms with Crippen molar-refractivity contribution in [2.45, 2.75) is 0 Å². The average Bonchev–Trinajstić information content (AvgIpc) is 2.87. The Hall–Kier alpha value is -2.40. The van der Waals surface area contributed by atoms with E-state index in [4.69, 9.17) is 8.83 Å². The molecular weight excluding hydrogens is 334 g/mol. The summed E-state index contributed by atoms with van der Waals surface area (Å²) in [6.45, 7) is 0. The van der Waals surface area contributed by atoms with Crippen LogP contribution in [0.2, 0.25) is 0 Å². The summed E-state index contributed by atoms with van der Waals surface area (Å²) in [4.78, 5) is 16.6. The van der Waals surface area contributed by atoms with Crippen LogP contribution >= 0.6 is 15.9 Å². The first-order chi connectivity index (χ1) is 10.2. The van der Waals surface area contributed by atoms with Gasteiger partial charge in [-0.2, -0.15) is 0 Å². The van der Waals surface area contributed by atoms with E-state index in [1.807, 2.05) is 42.5 Å². The molecule has 2 aromatic heterocycles. The number of hydrogen-bond donors (Lipinski definition) is 0. The molecule has 0 amide bonds. The number of benzene rings is 2. The fourth-order valence-corrected chi connectivity index (χ4v) is 2.63. The van der Waals surface area contributed by atoms with Gasteiger partial charge in [0.25, 0.3) is 0 Å². The van der Waals surface area contributed by atoms with Gasteiger partial charge in [0.05, 0.1) is 0 Å². The van der Waals surface area contributed by atoms with E-state index in [0.29, 0.717) is 11.1 Å². The van der Waals surface area contributed by atoms with Gasteiger partial charge in [0, 0.05) is 15.4 Å². The first kappa shape index (κ1) is 12.3. The summed E-state index contributed by atoms with van der Waals surface area (Å²) in [5.41, 5.74) is 1.49. The predicted octanol–water partition coefficient (Wildman–Crippen LogP) is 4.36. The first-order valence-electron chi connectivity index (χ1n) is 6.31. The SMILES string of the molecule is O=c1oc(-c2ccccc2)nc2c1oc1ccc(Br)cc12. The Morgan fingerprint density at radius 3 is 2.62 bits per heavy atom. The summed E-state index contributed by atoms with van der Waals surface area (Å²) in [5.74, 6) is 0.288. The Morgan fingerprint density at radius 2 is 1.81 bits per heavy atom. The van der Waals surface area contributed by atoms with Crippen molar-refractivity contribution in [2.24, 2.45) is 0 Å². The molecular formula is C16H8BrNO3. The number of aromatic nitrogens is 1. The van der Waals surface area contributed by atoms with Gasteiger partial charge in [-0.15, -0.1) is 0 Å². The van der Waals surface area contributed by atoms with E-state index < -0.39 is 5.63 Å². The van der Waals surface area contributed by atoms with Crippen LogP contribution in [-0.4, -0.2) is 4.98 Å². The molecule has 0 aliphatic carbocycles. The van der Waals surface area contributed by atoms with Crippen molar-refractivity contribution < 1.29 is 8.83 Å². The fourth-order valence-electron chi connectivity index (χ4n) is 2.27. The van der Waals surface area contributed by atoms with Crippen LogP contribution in [0.25, 0.3) is 33.5 Å². The van der Waals surface area contributed by atoms with Crippen molar-refractivity contribution in [3.63, 3.8) is 0 Å². The lowest BCUT2D eigenvalue weighted by Crippen LogP contribution is -2.00. The van der Waals surface area contributed by atoms with Crippen LogP contribution in [0.1, 0.15) is 0 Å². The molecule has 0 N–H and O–H groups in total. The fraction of sp³-hybridized carbons (Fsp3) is 0. The molecule has 0 fully saturated rings. The van der Waals surface area contributed by atoms with Gasteiger partial charge in [-0.25, -0.2) is 9.78 Å². The highest BCUT2D eigenvalue weighted by atomic mass is 79.9. The summed E-state index contributed by atoms with van der Waals surface area (Å²) in [6, 6.07) is 14.8. The number of nitrogens with zero attached hydrogens (tertiary/aromatic N) is 1. The lowest BCUT2D eigenvalue weighted by atomic mass is 10.2. The minimum Gasteiger partial charge on any atom is -0.447 e. The van der Waals surface area contributed by atoms with Crippen molar-refractivity contribution in [1.82, 2.24) is 4.98 Å². The summed E-state index contributed by atoms with van der Waals surface area (Å²) >= 11 is 3.41. The first-order valence-corrected chi connectivity index (χ1v) is 7.10. The van der Waals surface area contributed by atoms with E-state index in [9.17, 15) is 4.79 Å². The molecule has 0 bridgehead atoms. The zero-order valence-corrected chi connectivity index (χ0v) is 12.3. The molecule has 0 spiro atoms. The predicted molar refractivity (Wildman–Crippen MR) is 83.2 cm³/mol. The average molecular weight is 342 g/mol. The molecule has 2 heterocycles. The largest absolute Gasteiger partial charge is 0.447 e. The molecule has 0 radical (unpaired) electrons. The van der Waals surface area contributed by atoms with Gasteiger partial charge in [0.2, 0.25) is 11.5 Å². The van der Waals surface area contributed by atoms with E-state index in [2.05, 4.69) is 20.9 Å². The van der Waals surface area contributed by atoms with Gasteiger partial charge in [-0.1, -0.05) is 34.1 Å². The summed E-state index contributed by atoms with van der Waals surface area (Å²) < 4.78 is 11.7. The van der Waals surface area contributed by atoms with Gasteiger partial charge >= 0.3 is 5.63 Å². The second-order valence-electron chi connectivity index (χ2n) is 4.59. The third kappa shape index (κ3) is 1.97. The van der Waals surface area contributed by atoms with E-state index >= 15 is 0 Å². The number of halogens is 1. The van der Waals surface area contributed by atoms with Crippen LogP contribution in [0.3, 0.4) is 0 Å². The van der Waals surface area contributed by atoms with Gasteiger partial charge in [0.15, 0.2) is 0 Å². The molecule has 0 unspecified atom stereocenters. The van der Waals surface area contributed by atoms with Crippen LogP contribution in [0, 0.1) is 0 Å². The summed E-state index contributed by atoms with van der Waals surface area (Å²) in [6.07, 6.45) is 0. The molecule has 0 saturated carbocycles.